The summed E-state index contributed by atoms with van der Waals surface area (Å²) < 4.78 is 5.36. The fraction of sp³-hybridized carbons (Fsp3) is 0.381. The molecular weight excluding hydrogens is 356 g/mol. The molecule has 1 aliphatic rings. The van der Waals surface area contributed by atoms with Crippen molar-refractivity contribution in [2.24, 2.45) is 0 Å². The van der Waals surface area contributed by atoms with Gasteiger partial charge < -0.3 is 15.0 Å². The SMILES string of the molecule is CCOc1ccc(C(=O)NCC(=O)N2CCN(Cc3cccnc3)CC2)cc1. The lowest BCUT2D eigenvalue weighted by molar-refractivity contribution is -0.131. The molecule has 2 heterocycles. The van der Waals surface area contributed by atoms with E-state index in [1.807, 2.05) is 19.2 Å². The molecule has 1 aliphatic heterocycles. The molecule has 1 fully saturated rings. The Morgan fingerprint density at radius 1 is 1.11 bits per heavy atom. The molecule has 1 N–H and O–H groups in total. The second-order valence-electron chi connectivity index (χ2n) is 6.66. The van der Waals surface area contributed by atoms with Crippen LogP contribution in [0.5, 0.6) is 5.75 Å². The molecule has 1 aromatic carbocycles. The van der Waals surface area contributed by atoms with Gasteiger partial charge in [0, 0.05) is 50.7 Å². The van der Waals surface area contributed by atoms with Gasteiger partial charge in [-0.15, -0.1) is 0 Å². The number of pyridine rings is 1. The van der Waals surface area contributed by atoms with Crippen LogP contribution in [0.3, 0.4) is 0 Å². The van der Waals surface area contributed by atoms with Crippen molar-refractivity contribution < 1.29 is 14.3 Å². The molecule has 0 atom stereocenters. The summed E-state index contributed by atoms with van der Waals surface area (Å²) in [6.07, 6.45) is 3.63. The topological polar surface area (TPSA) is 74.8 Å². The lowest BCUT2D eigenvalue weighted by atomic mass is 10.2. The number of nitrogens with zero attached hydrogens (tertiary/aromatic N) is 3. The zero-order chi connectivity index (χ0) is 19.8. The number of carbonyl (C=O) groups excluding carboxylic acids is 2. The fourth-order valence-corrected chi connectivity index (χ4v) is 3.14. The third kappa shape index (κ3) is 5.53. The van der Waals surface area contributed by atoms with Crippen LogP contribution >= 0.6 is 0 Å². The highest BCUT2D eigenvalue weighted by molar-refractivity contribution is 5.96. The fourth-order valence-electron chi connectivity index (χ4n) is 3.14. The number of nitrogens with one attached hydrogen (secondary N) is 1. The summed E-state index contributed by atoms with van der Waals surface area (Å²) in [6.45, 7) is 6.29. The summed E-state index contributed by atoms with van der Waals surface area (Å²) in [5.74, 6) is 0.409. The zero-order valence-corrected chi connectivity index (χ0v) is 16.1. The third-order valence-electron chi connectivity index (χ3n) is 4.68. The van der Waals surface area contributed by atoms with Gasteiger partial charge in [-0.05, 0) is 42.8 Å². The van der Waals surface area contributed by atoms with E-state index >= 15 is 0 Å². The second kappa shape index (κ2) is 9.85. The number of rotatable bonds is 7. The van der Waals surface area contributed by atoms with E-state index in [0.717, 1.165) is 25.4 Å². The van der Waals surface area contributed by atoms with E-state index in [4.69, 9.17) is 4.74 Å². The number of piperazine rings is 1. The van der Waals surface area contributed by atoms with Crippen molar-refractivity contribution >= 4 is 11.8 Å². The molecule has 148 valence electrons. The average Bonchev–Trinajstić information content (AvgIpc) is 2.74. The Bertz CT molecular complexity index is 772. The van der Waals surface area contributed by atoms with E-state index in [-0.39, 0.29) is 18.4 Å². The van der Waals surface area contributed by atoms with Crippen molar-refractivity contribution in [3.8, 4) is 5.75 Å². The molecule has 3 rings (SSSR count). The van der Waals surface area contributed by atoms with Gasteiger partial charge in [-0.25, -0.2) is 0 Å². The van der Waals surface area contributed by atoms with Crippen molar-refractivity contribution in [3.63, 3.8) is 0 Å². The summed E-state index contributed by atoms with van der Waals surface area (Å²) in [7, 11) is 0. The number of carbonyl (C=O) groups is 2. The van der Waals surface area contributed by atoms with E-state index in [2.05, 4.69) is 21.3 Å². The summed E-state index contributed by atoms with van der Waals surface area (Å²) in [4.78, 5) is 32.9. The van der Waals surface area contributed by atoms with Crippen molar-refractivity contribution in [2.45, 2.75) is 13.5 Å². The van der Waals surface area contributed by atoms with Gasteiger partial charge in [0.25, 0.3) is 5.91 Å². The van der Waals surface area contributed by atoms with Crippen molar-refractivity contribution in [2.75, 3.05) is 39.3 Å². The van der Waals surface area contributed by atoms with Crippen molar-refractivity contribution in [3.05, 3.63) is 59.9 Å². The standard InChI is InChI=1S/C21H26N4O3/c1-2-28-19-7-5-18(6-8-19)21(27)23-15-20(26)25-12-10-24(11-13-25)16-17-4-3-9-22-14-17/h3-9,14H,2,10-13,15-16H2,1H3,(H,23,27). The van der Waals surface area contributed by atoms with Crippen LogP contribution in [0, 0.1) is 0 Å². The van der Waals surface area contributed by atoms with E-state index in [9.17, 15) is 9.59 Å². The van der Waals surface area contributed by atoms with Crippen molar-refractivity contribution in [1.29, 1.82) is 0 Å². The molecule has 2 aromatic rings. The molecule has 0 saturated carbocycles. The molecule has 0 unspecified atom stereocenters. The van der Waals surface area contributed by atoms with Gasteiger partial charge in [-0.2, -0.15) is 0 Å². The van der Waals surface area contributed by atoms with Gasteiger partial charge in [0.1, 0.15) is 5.75 Å². The maximum absolute atomic E-state index is 12.4. The highest BCUT2D eigenvalue weighted by atomic mass is 16.5. The Hall–Kier alpha value is -2.93. The number of hydrogen-bond donors (Lipinski definition) is 1. The van der Waals surface area contributed by atoms with Crippen LogP contribution in [0.1, 0.15) is 22.8 Å². The van der Waals surface area contributed by atoms with Crippen molar-refractivity contribution in [1.82, 2.24) is 20.1 Å². The first kappa shape index (κ1) is 19.8. The quantitative estimate of drug-likeness (QED) is 0.787. The number of ether oxygens (including phenoxy) is 1. The van der Waals surface area contributed by atoms with Gasteiger partial charge in [0.2, 0.25) is 5.91 Å². The van der Waals surface area contributed by atoms with Crippen LogP contribution in [0.25, 0.3) is 0 Å². The average molecular weight is 382 g/mol. The Morgan fingerprint density at radius 3 is 2.50 bits per heavy atom. The molecule has 0 aliphatic carbocycles. The molecule has 0 radical (unpaired) electrons. The maximum Gasteiger partial charge on any atom is 0.251 e. The minimum Gasteiger partial charge on any atom is -0.494 e. The summed E-state index contributed by atoms with van der Waals surface area (Å²) in [5.41, 5.74) is 1.68. The first-order chi connectivity index (χ1) is 13.7. The monoisotopic (exact) mass is 382 g/mol. The van der Waals surface area contributed by atoms with Crippen LogP contribution in [-0.2, 0) is 11.3 Å². The molecule has 28 heavy (non-hydrogen) atoms. The maximum atomic E-state index is 12.4. The molecular formula is C21H26N4O3. The predicted octanol–water partition coefficient (Wildman–Crippen LogP) is 1.55. The van der Waals surface area contributed by atoms with Crippen LogP contribution in [0.2, 0.25) is 0 Å². The number of hydrogen-bond acceptors (Lipinski definition) is 5. The Kier molecular flexibility index (Phi) is 6.97. The van der Waals surface area contributed by atoms with Gasteiger partial charge in [0.05, 0.1) is 13.2 Å². The summed E-state index contributed by atoms with van der Waals surface area (Å²) in [6, 6.07) is 10.9. The Balaban J connectivity index is 1.41. The van der Waals surface area contributed by atoms with E-state index < -0.39 is 0 Å². The lowest BCUT2D eigenvalue weighted by Crippen LogP contribution is -2.50. The highest BCUT2D eigenvalue weighted by Gasteiger charge is 2.21. The van der Waals surface area contributed by atoms with E-state index in [1.54, 1.807) is 35.4 Å². The first-order valence-corrected chi connectivity index (χ1v) is 9.56. The predicted molar refractivity (Wildman–Crippen MR) is 106 cm³/mol. The molecule has 1 saturated heterocycles. The van der Waals surface area contributed by atoms with E-state index in [1.165, 1.54) is 5.56 Å². The molecule has 7 nitrogen and oxygen atoms in total. The van der Waals surface area contributed by atoms with Crippen LogP contribution in [0.15, 0.2) is 48.8 Å². The number of benzene rings is 1. The zero-order valence-electron chi connectivity index (χ0n) is 16.1. The molecule has 2 amide bonds. The van der Waals surface area contributed by atoms with Gasteiger partial charge in [-0.3, -0.25) is 19.5 Å². The Labute approximate surface area is 165 Å². The minimum atomic E-state index is -0.258. The minimum absolute atomic E-state index is 0.00858. The van der Waals surface area contributed by atoms with Crippen LogP contribution in [0.4, 0.5) is 0 Å². The van der Waals surface area contributed by atoms with Crippen LogP contribution in [-0.4, -0.2) is 65.9 Å². The lowest BCUT2D eigenvalue weighted by Gasteiger charge is -2.34. The van der Waals surface area contributed by atoms with Gasteiger partial charge in [0.15, 0.2) is 0 Å². The molecule has 0 bridgehead atoms. The highest BCUT2D eigenvalue weighted by Crippen LogP contribution is 2.12. The van der Waals surface area contributed by atoms with E-state index in [0.29, 0.717) is 25.3 Å². The smallest absolute Gasteiger partial charge is 0.251 e. The van der Waals surface area contributed by atoms with Crippen LogP contribution < -0.4 is 10.1 Å². The molecule has 1 aromatic heterocycles. The number of aromatic nitrogens is 1. The number of amides is 2. The molecule has 0 spiro atoms. The normalized spacial score (nSPS) is 14.5. The first-order valence-electron chi connectivity index (χ1n) is 9.56. The largest absolute Gasteiger partial charge is 0.494 e. The Morgan fingerprint density at radius 2 is 1.86 bits per heavy atom. The summed E-state index contributed by atoms with van der Waals surface area (Å²) in [5, 5.41) is 2.71. The third-order valence-corrected chi connectivity index (χ3v) is 4.68. The summed E-state index contributed by atoms with van der Waals surface area (Å²) >= 11 is 0. The van der Waals surface area contributed by atoms with Gasteiger partial charge in [-0.1, -0.05) is 6.07 Å². The second-order valence-corrected chi connectivity index (χ2v) is 6.66. The van der Waals surface area contributed by atoms with Gasteiger partial charge >= 0.3 is 0 Å². The molecule has 7 heteroatoms.